The van der Waals surface area contributed by atoms with Crippen LogP contribution in [-0.2, 0) is 0 Å². The molecule has 0 unspecified atom stereocenters. The Morgan fingerprint density at radius 1 is 1.16 bits per heavy atom. The van der Waals surface area contributed by atoms with Gasteiger partial charge < -0.3 is 15.0 Å². The molecule has 0 aliphatic carbocycles. The summed E-state index contributed by atoms with van der Waals surface area (Å²) in [6.45, 7) is 2.98. The highest BCUT2D eigenvalue weighted by Gasteiger charge is 2.30. The first-order valence-electron chi connectivity index (χ1n) is 10.0. The van der Waals surface area contributed by atoms with Crippen molar-refractivity contribution in [3.63, 3.8) is 0 Å². The normalized spacial score (nSPS) is 15.5. The molecule has 0 radical (unpaired) electrons. The minimum Gasteiger partial charge on any atom is -0.497 e. The molecule has 0 bridgehead atoms. The van der Waals surface area contributed by atoms with E-state index in [0.29, 0.717) is 41.4 Å². The minimum absolute atomic E-state index is 0.0391. The summed E-state index contributed by atoms with van der Waals surface area (Å²) in [6.07, 6.45) is 5.56. The topological polar surface area (TPSA) is 97.3 Å². The average Bonchev–Trinajstić information content (AvgIpc) is 3.30. The van der Waals surface area contributed by atoms with E-state index in [1.807, 2.05) is 0 Å². The largest absolute Gasteiger partial charge is 0.497 e. The number of hydrogen-bond donors (Lipinski definition) is 1. The molecule has 1 aromatic carbocycles. The Morgan fingerprint density at radius 3 is 2.65 bits per heavy atom. The van der Waals surface area contributed by atoms with Crippen LogP contribution in [0.2, 0.25) is 0 Å². The van der Waals surface area contributed by atoms with Crippen molar-refractivity contribution in [1.82, 2.24) is 19.9 Å². The summed E-state index contributed by atoms with van der Waals surface area (Å²) in [5, 5.41) is 2.85. The molecule has 8 heteroatoms. The first-order chi connectivity index (χ1) is 15.0. The Balaban J connectivity index is 1.42. The zero-order chi connectivity index (χ0) is 21.8. The van der Waals surface area contributed by atoms with Gasteiger partial charge in [0.25, 0.3) is 11.8 Å². The molecule has 2 amide bonds. The van der Waals surface area contributed by atoms with Crippen LogP contribution < -0.4 is 10.1 Å². The summed E-state index contributed by atoms with van der Waals surface area (Å²) in [5.74, 6) is 1.10. The highest BCUT2D eigenvalue weighted by molar-refractivity contribution is 6.04. The molecule has 0 saturated carbocycles. The highest BCUT2D eigenvalue weighted by atomic mass is 16.5. The van der Waals surface area contributed by atoms with Gasteiger partial charge >= 0.3 is 0 Å². The van der Waals surface area contributed by atoms with Gasteiger partial charge in [-0.3, -0.25) is 14.6 Å². The number of ether oxygens (including phenoxy) is 1. The summed E-state index contributed by atoms with van der Waals surface area (Å²) in [6, 6.07) is 10.6. The number of benzene rings is 1. The van der Waals surface area contributed by atoms with Gasteiger partial charge in [-0.25, -0.2) is 9.97 Å². The minimum atomic E-state index is -0.269. The van der Waals surface area contributed by atoms with Gasteiger partial charge in [0.05, 0.1) is 23.9 Å². The molecular weight excluding hydrogens is 394 g/mol. The van der Waals surface area contributed by atoms with Gasteiger partial charge in [0.1, 0.15) is 11.6 Å². The Hall–Kier alpha value is -3.81. The summed E-state index contributed by atoms with van der Waals surface area (Å²) in [4.78, 5) is 40.1. The van der Waals surface area contributed by atoms with Crippen LogP contribution in [-0.4, -0.2) is 51.9 Å². The van der Waals surface area contributed by atoms with E-state index in [2.05, 4.69) is 20.3 Å². The molecule has 158 valence electrons. The van der Waals surface area contributed by atoms with Crippen molar-refractivity contribution in [2.24, 2.45) is 0 Å². The molecular formula is C23H23N5O3. The number of likely N-dealkylation sites (tertiary alicyclic amines) is 1. The van der Waals surface area contributed by atoms with Gasteiger partial charge in [-0.05, 0) is 49.7 Å². The van der Waals surface area contributed by atoms with Crippen molar-refractivity contribution in [3.8, 4) is 5.75 Å². The second-order valence-electron chi connectivity index (χ2n) is 7.39. The fourth-order valence-electron chi connectivity index (χ4n) is 3.60. The van der Waals surface area contributed by atoms with Gasteiger partial charge in [-0.15, -0.1) is 0 Å². The molecule has 1 aliphatic rings. The van der Waals surface area contributed by atoms with Crippen molar-refractivity contribution in [2.45, 2.75) is 19.3 Å². The molecule has 1 N–H and O–H groups in total. The van der Waals surface area contributed by atoms with Crippen LogP contribution in [0.25, 0.3) is 0 Å². The van der Waals surface area contributed by atoms with Crippen LogP contribution in [0.4, 0.5) is 5.69 Å². The molecule has 2 aromatic heterocycles. The standard InChI is InChI=1S/C23H23N5O3/c1-15-20(22(29)27-18-5-7-19(31-2)8-6-18)13-25-21(26-15)17-9-11-28(14-17)23(30)16-4-3-10-24-12-16/h3-8,10,12-13,17H,9,11,14H2,1-2H3,(H,27,29)/t17-/m0/s1. The third kappa shape index (κ3) is 4.53. The molecule has 1 atom stereocenters. The molecule has 1 fully saturated rings. The molecule has 4 rings (SSSR count). The van der Waals surface area contributed by atoms with E-state index in [0.717, 1.165) is 12.2 Å². The van der Waals surface area contributed by atoms with E-state index >= 15 is 0 Å². The van der Waals surface area contributed by atoms with Gasteiger partial charge in [0.15, 0.2) is 0 Å². The first-order valence-corrected chi connectivity index (χ1v) is 10.0. The van der Waals surface area contributed by atoms with Crippen molar-refractivity contribution in [2.75, 3.05) is 25.5 Å². The lowest BCUT2D eigenvalue weighted by Gasteiger charge is -2.16. The average molecular weight is 417 g/mol. The van der Waals surface area contributed by atoms with Crippen molar-refractivity contribution < 1.29 is 14.3 Å². The molecule has 0 spiro atoms. The predicted octanol–water partition coefficient (Wildman–Crippen LogP) is 3.07. The number of rotatable bonds is 5. The Kier molecular flexibility index (Phi) is 5.88. The number of anilines is 1. The van der Waals surface area contributed by atoms with Crippen molar-refractivity contribution in [1.29, 1.82) is 0 Å². The van der Waals surface area contributed by atoms with E-state index in [9.17, 15) is 9.59 Å². The SMILES string of the molecule is COc1ccc(NC(=O)c2cnc([C@H]3CCN(C(=O)c4cccnc4)C3)nc2C)cc1. The van der Waals surface area contributed by atoms with Crippen molar-refractivity contribution >= 4 is 17.5 Å². The lowest BCUT2D eigenvalue weighted by Crippen LogP contribution is -2.28. The Bertz CT molecular complexity index is 1090. The molecule has 3 heterocycles. The molecule has 1 saturated heterocycles. The summed E-state index contributed by atoms with van der Waals surface area (Å²) in [5.41, 5.74) is 2.26. The number of hydrogen-bond acceptors (Lipinski definition) is 6. The van der Waals surface area contributed by atoms with E-state index in [1.165, 1.54) is 0 Å². The quantitative estimate of drug-likeness (QED) is 0.685. The second kappa shape index (κ2) is 8.91. The summed E-state index contributed by atoms with van der Waals surface area (Å²) < 4.78 is 5.13. The number of aromatic nitrogens is 3. The lowest BCUT2D eigenvalue weighted by molar-refractivity contribution is 0.0790. The summed E-state index contributed by atoms with van der Waals surface area (Å²) >= 11 is 0. The van der Waals surface area contributed by atoms with Crippen molar-refractivity contribution in [3.05, 3.63) is 77.6 Å². The number of carbonyl (C=O) groups excluding carboxylic acids is 2. The van der Waals surface area contributed by atoms with E-state index in [-0.39, 0.29) is 17.7 Å². The zero-order valence-electron chi connectivity index (χ0n) is 17.4. The van der Waals surface area contributed by atoms with Crippen LogP contribution in [0.1, 0.15) is 44.6 Å². The smallest absolute Gasteiger partial charge is 0.259 e. The third-order valence-corrected chi connectivity index (χ3v) is 5.34. The lowest BCUT2D eigenvalue weighted by atomic mass is 10.1. The number of carbonyl (C=O) groups is 2. The monoisotopic (exact) mass is 417 g/mol. The second-order valence-corrected chi connectivity index (χ2v) is 7.39. The molecule has 1 aliphatic heterocycles. The number of methoxy groups -OCH3 is 1. The number of pyridine rings is 1. The fourth-order valence-corrected chi connectivity index (χ4v) is 3.60. The first kappa shape index (κ1) is 20.5. The van der Waals surface area contributed by atoms with Crippen LogP contribution in [0.5, 0.6) is 5.75 Å². The van der Waals surface area contributed by atoms with Crippen LogP contribution in [0.15, 0.2) is 55.0 Å². The van der Waals surface area contributed by atoms with Gasteiger partial charge in [0.2, 0.25) is 0 Å². The van der Waals surface area contributed by atoms with Gasteiger partial charge in [0, 0.05) is 43.3 Å². The van der Waals surface area contributed by atoms with Crippen LogP contribution in [0, 0.1) is 6.92 Å². The predicted molar refractivity (Wildman–Crippen MR) is 115 cm³/mol. The maximum Gasteiger partial charge on any atom is 0.259 e. The maximum atomic E-state index is 12.6. The van der Waals surface area contributed by atoms with Gasteiger partial charge in [-0.1, -0.05) is 0 Å². The van der Waals surface area contributed by atoms with E-state index in [4.69, 9.17) is 4.74 Å². The van der Waals surface area contributed by atoms with Crippen LogP contribution in [0.3, 0.4) is 0 Å². The van der Waals surface area contributed by atoms with E-state index < -0.39 is 0 Å². The molecule has 3 aromatic rings. The Morgan fingerprint density at radius 2 is 1.97 bits per heavy atom. The van der Waals surface area contributed by atoms with Gasteiger partial charge in [-0.2, -0.15) is 0 Å². The zero-order valence-corrected chi connectivity index (χ0v) is 17.4. The molecule has 31 heavy (non-hydrogen) atoms. The fraction of sp³-hybridized carbons (Fsp3) is 0.261. The number of amides is 2. The van der Waals surface area contributed by atoms with Crippen LogP contribution >= 0.6 is 0 Å². The molecule has 8 nitrogen and oxygen atoms in total. The van der Waals surface area contributed by atoms with E-state index in [1.54, 1.807) is 73.9 Å². The summed E-state index contributed by atoms with van der Waals surface area (Å²) in [7, 11) is 1.59. The number of nitrogens with zero attached hydrogens (tertiary/aromatic N) is 4. The highest BCUT2D eigenvalue weighted by Crippen LogP contribution is 2.26. The third-order valence-electron chi connectivity index (χ3n) is 5.34. The maximum absolute atomic E-state index is 12.6. The number of nitrogens with one attached hydrogen (secondary N) is 1. The number of aryl methyl sites for hydroxylation is 1. The Labute approximate surface area is 180 Å².